The fraction of sp³-hybridized carbons (Fsp3) is 0.571. The first-order chi connectivity index (χ1) is 18.6. The summed E-state index contributed by atoms with van der Waals surface area (Å²) in [5.74, 6) is -0.471. The van der Waals surface area contributed by atoms with Crippen LogP contribution in [0.2, 0.25) is 0 Å². The minimum atomic E-state index is -1.08. The van der Waals surface area contributed by atoms with E-state index in [1.54, 1.807) is 22.7 Å². The number of carbonyl (C=O) groups excluding carboxylic acids is 4. The van der Waals surface area contributed by atoms with E-state index in [4.69, 9.17) is 9.47 Å². The summed E-state index contributed by atoms with van der Waals surface area (Å²) < 4.78 is 11.0. The van der Waals surface area contributed by atoms with Gasteiger partial charge in [-0.3, -0.25) is 14.4 Å². The van der Waals surface area contributed by atoms with Crippen molar-refractivity contribution in [1.82, 2.24) is 20.9 Å². The number of thioether (sulfide) groups is 1. The van der Waals surface area contributed by atoms with E-state index in [-0.39, 0.29) is 29.3 Å². The van der Waals surface area contributed by atoms with Crippen molar-refractivity contribution in [1.29, 1.82) is 0 Å². The number of carbonyl (C=O) groups is 4. The monoisotopic (exact) mass is 558 g/mol. The molecule has 1 aromatic carbocycles. The highest BCUT2D eigenvalue weighted by molar-refractivity contribution is 7.99. The van der Waals surface area contributed by atoms with Crippen LogP contribution in [0.25, 0.3) is 0 Å². The van der Waals surface area contributed by atoms with Crippen molar-refractivity contribution in [3.8, 4) is 0 Å². The lowest BCUT2D eigenvalue weighted by Gasteiger charge is -2.35. The topological polar surface area (TPSA) is 126 Å². The molecular formula is C28H38N4O6S. The van der Waals surface area contributed by atoms with E-state index in [1.807, 2.05) is 38.1 Å². The lowest BCUT2D eigenvalue weighted by molar-refractivity contribution is -0.145. The number of benzene rings is 1. The summed E-state index contributed by atoms with van der Waals surface area (Å²) in [6.45, 7) is 9.56. The molecule has 2 fully saturated rings. The molecule has 1 aliphatic carbocycles. The van der Waals surface area contributed by atoms with E-state index in [1.165, 1.54) is 14.0 Å². The third-order valence-corrected chi connectivity index (χ3v) is 8.88. The van der Waals surface area contributed by atoms with Gasteiger partial charge in [0.1, 0.15) is 12.1 Å². The molecule has 3 aliphatic rings. The number of rotatable bonds is 8. The molecule has 1 aromatic rings. The molecule has 3 N–H and O–H groups in total. The third kappa shape index (κ3) is 6.09. The maximum Gasteiger partial charge on any atom is 0.407 e. The number of nitrogens with one attached hydrogen (secondary N) is 3. The SMILES string of the molecule is C=CCO[C@@H]1Cc2ccccc2[C@@H]1NC(=O)[C@H]1N2C(=O)[C@@H](NC(=O)C(C)OC(=O)NC)CCS[C@H]2CC1(C)C. The Kier molecular flexibility index (Phi) is 8.90. The van der Waals surface area contributed by atoms with Crippen molar-refractivity contribution in [2.24, 2.45) is 5.41 Å². The molecule has 2 aliphatic heterocycles. The van der Waals surface area contributed by atoms with Crippen LogP contribution in [0.15, 0.2) is 36.9 Å². The number of hydrogen-bond acceptors (Lipinski definition) is 7. The van der Waals surface area contributed by atoms with Gasteiger partial charge >= 0.3 is 6.09 Å². The second-order valence-electron chi connectivity index (χ2n) is 10.9. The fourth-order valence-electron chi connectivity index (χ4n) is 5.72. The zero-order valence-electron chi connectivity index (χ0n) is 22.9. The predicted octanol–water partition coefficient (Wildman–Crippen LogP) is 2.29. The molecule has 0 aromatic heterocycles. The van der Waals surface area contributed by atoms with Crippen LogP contribution in [0.3, 0.4) is 0 Å². The first-order valence-corrected chi connectivity index (χ1v) is 14.4. The van der Waals surface area contributed by atoms with Crippen LogP contribution >= 0.6 is 11.8 Å². The molecule has 4 amide bonds. The minimum absolute atomic E-state index is 0.187. The van der Waals surface area contributed by atoms with E-state index >= 15 is 0 Å². The Labute approximate surface area is 233 Å². The average molecular weight is 559 g/mol. The molecular weight excluding hydrogens is 520 g/mol. The predicted molar refractivity (Wildman–Crippen MR) is 148 cm³/mol. The van der Waals surface area contributed by atoms with Crippen molar-refractivity contribution in [2.45, 2.75) is 75.7 Å². The third-order valence-electron chi connectivity index (χ3n) is 7.63. The number of hydrogen-bond donors (Lipinski definition) is 3. The normalized spacial score (nSPS) is 27.9. The van der Waals surface area contributed by atoms with Gasteiger partial charge in [0.05, 0.1) is 24.1 Å². The summed E-state index contributed by atoms with van der Waals surface area (Å²) >= 11 is 1.62. The van der Waals surface area contributed by atoms with Crippen LogP contribution in [0, 0.1) is 5.41 Å². The van der Waals surface area contributed by atoms with Crippen molar-refractivity contribution >= 4 is 35.6 Å². The largest absolute Gasteiger partial charge is 0.436 e. The smallest absolute Gasteiger partial charge is 0.407 e. The summed E-state index contributed by atoms with van der Waals surface area (Å²) in [5, 5.41) is 8.07. The van der Waals surface area contributed by atoms with Crippen molar-refractivity contribution in [3.63, 3.8) is 0 Å². The maximum absolute atomic E-state index is 14.0. The van der Waals surface area contributed by atoms with Gasteiger partial charge in [0.15, 0.2) is 6.10 Å². The second-order valence-corrected chi connectivity index (χ2v) is 12.1. The van der Waals surface area contributed by atoms with Gasteiger partial charge in [0.25, 0.3) is 5.91 Å². The molecule has 39 heavy (non-hydrogen) atoms. The molecule has 0 saturated carbocycles. The lowest BCUT2D eigenvalue weighted by Crippen LogP contribution is -2.58. The van der Waals surface area contributed by atoms with Crippen LogP contribution in [0.1, 0.15) is 50.8 Å². The van der Waals surface area contributed by atoms with Gasteiger partial charge in [-0.25, -0.2) is 4.79 Å². The summed E-state index contributed by atoms with van der Waals surface area (Å²) in [6, 6.07) is 6.05. The standard InChI is InChI=1S/C28H38N4O6S/c1-6-12-37-20-14-17-9-7-8-10-18(17)22(20)31-25(34)23-28(3,4)15-21-32(23)26(35)19(11-13-39-21)30-24(33)16(2)38-27(36)29-5/h6-10,16,19-23H,1,11-15H2,2-5H3,(H,29,36)(H,30,33)(H,31,34)/t16?,19-,20+,21-,22-,23+/m0/s1. The fourth-order valence-corrected chi connectivity index (χ4v) is 7.30. The molecule has 0 bridgehead atoms. The van der Waals surface area contributed by atoms with E-state index in [2.05, 4.69) is 22.5 Å². The summed E-state index contributed by atoms with van der Waals surface area (Å²) in [6.07, 6.45) is 1.37. The van der Waals surface area contributed by atoms with Gasteiger partial charge in [-0.05, 0) is 42.1 Å². The maximum atomic E-state index is 14.0. The first-order valence-electron chi connectivity index (χ1n) is 13.3. The van der Waals surface area contributed by atoms with Crippen LogP contribution in [0.4, 0.5) is 4.79 Å². The number of amides is 4. The lowest BCUT2D eigenvalue weighted by atomic mass is 9.83. The van der Waals surface area contributed by atoms with E-state index in [0.717, 1.165) is 11.1 Å². The highest BCUT2D eigenvalue weighted by Gasteiger charge is 2.55. The number of nitrogens with zero attached hydrogens (tertiary/aromatic N) is 1. The molecule has 2 heterocycles. The van der Waals surface area contributed by atoms with Gasteiger partial charge in [-0.2, -0.15) is 0 Å². The highest BCUT2D eigenvalue weighted by Crippen LogP contribution is 2.46. The van der Waals surface area contributed by atoms with Gasteiger partial charge in [-0.1, -0.05) is 44.2 Å². The zero-order valence-corrected chi connectivity index (χ0v) is 23.7. The Morgan fingerprint density at radius 2 is 2.00 bits per heavy atom. The van der Waals surface area contributed by atoms with Crippen LogP contribution in [-0.2, 0) is 30.3 Å². The van der Waals surface area contributed by atoms with Crippen molar-refractivity contribution < 1.29 is 28.7 Å². The van der Waals surface area contributed by atoms with Gasteiger partial charge < -0.3 is 30.3 Å². The average Bonchev–Trinajstić information content (AvgIpc) is 3.33. The first kappa shape index (κ1) is 28.9. The quantitative estimate of drug-likeness (QED) is 0.418. The van der Waals surface area contributed by atoms with Crippen molar-refractivity contribution in [3.05, 3.63) is 48.0 Å². The molecule has 1 unspecified atom stereocenters. The Bertz CT molecular complexity index is 1130. The van der Waals surface area contributed by atoms with Gasteiger partial charge in [0, 0.05) is 13.5 Å². The molecule has 212 valence electrons. The number of alkyl carbamates (subject to hydrolysis) is 1. The van der Waals surface area contributed by atoms with Gasteiger partial charge in [-0.15, -0.1) is 18.3 Å². The molecule has 6 atom stereocenters. The molecule has 0 radical (unpaired) electrons. The molecule has 11 heteroatoms. The van der Waals surface area contributed by atoms with E-state index in [0.29, 0.717) is 31.6 Å². The Balaban J connectivity index is 1.54. The molecule has 2 saturated heterocycles. The second kappa shape index (κ2) is 12.0. The van der Waals surface area contributed by atoms with Crippen LogP contribution < -0.4 is 16.0 Å². The highest BCUT2D eigenvalue weighted by atomic mass is 32.2. The zero-order chi connectivity index (χ0) is 28.3. The van der Waals surface area contributed by atoms with Crippen molar-refractivity contribution in [2.75, 3.05) is 19.4 Å². The summed E-state index contributed by atoms with van der Waals surface area (Å²) in [7, 11) is 1.40. The summed E-state index contributed by atoms with van der Waals surface area (Å²) in [5.41, 5.74) is 1.64. The Hall–Kier alpha value is -3.05. The molecule has 0 spiro atoms. The Morgan fingerprint density at radius 3 is 2.72 bits per heavy atom. The summed E-state index contributed by atoms with van der Waals surface area (Å²) in [4.78, 5) is 53.8. The van der Waals surface area contributed by atoms with Gasteiger partial charge in [0.2, 0.25) is 11.8 Å². The molecule has 10 nitrogen and oxygen atoms in total. The van der Waals surface area contributed by atoms with E-state index < -0.39 is 35.6 Å². The number of fused-ring (bicyclic) bond motifs is 2. The van der Waals surface area contributed by atoms with E-state index in [9.17, 15) is 19.2 Å². The number of ether oxygens (including phenoxy) is 2. The Morgan fingerprint density at radius 1 is 1.26 bits per heavy atom. The van der Waals surface area contributed by atoms with Crippen LogP contribution in [0.5, 0.6) is 0 Å². The van der Waals surface area contributed by atoms with Crippen LogP contribution in [-0.4, -0.2) is 77.8 Å². The molecule has 4 rings (SSSR count). The minimum Gasteiger partial charge on any atom is -0.436 e.